The molecule has 0 radical (unpaired) electrons. The fraction of sp³-hybridized carbons (Fsp3) is 0.933. The molecule has 19 heavy (non-hydrogen) atoms. The summed E-state index contributed by atoms with van der Waals surface area (Å²) in [5.41, 5.74) is 0. The maximum absolute atomic E-state index is 12.4. The lowest BCUT2D eigenvalue weighted by Crippen LogP contribution is -2.43. The van der Waals surface area contributed by atoms with E-state index in [1.54, 1.807) is 0 Å². The number of hydrogen-bond acceptors (Lipinski definition) is 3. The predicted octanol–water partition coefficient (Wildman–Crippen LogP) is 1.56. The Morgan fingerprint density at radius 2 is 2.00 bits per heavy atom. The number of piperidine rings is 1. The minimum Gasteiger partial charge on any atom is -0.341 e. The van der Waals surface area contributed by atoms with E-state index in [2.05, 4.69) is 38.2 Å². The number of rotatable bonds is 7. The third-order valence-corrected chi connectivity index (χ3v) is 3.59. The largest absolute Gasteiger partial charge is 0.341 e. The first-order chi connectivity index (χ1) is 8.99. The van der Waals surface area contributed by atoms with Gasteiger partial charge in [-0.2, -0.15) is 0 Å². The highest BCUT2D eigenvalue weighted by atomic mass is 16.2. The topological polar surface area (TPSA) is 35.6 Å². The Balaban J connectivity index is 2.44. The van der Waals surface area contributed by atoms with Crippen LogP contribution in [0, 0.1) is 5.92 Å². The number of likely N-dealkylation sites (N-methyl/N-ethyl adjacent to an activating group) is 1. The Bertz CT molecular complexity index is 260. The third-order valence-electron chi connectivity index (χ3n) is 3.59. The Hall–Kier alpha value is -0.610. The summed E-state index contributed by atoms with van der Waals surface area (Å²) in [5, 5.41) is 3.47. The van der Waals surface area contributed by atoms with Crippen LogP contribution in [-0.4, -0.2) is 62.0 Å². The maximum atomic E-state index is 12.4. The highest BCUT2D eigenvalue weighted by Gasteiger charge is 2.21. The van der Waals surface area contributed by atoms with Crippen molar-refractivity contribution in [1.82, 2.24) is 15.1 Å². The summed E-state index contributed by atoms with van der Waals surface area (Å²) in [6.45, 7) is 8.08. The van der Waals surface area contributed by atoms with Gasteiger partial charge in [0.25, 0.3) is 0 Å². The molecular formula is C15H31N3O. The van der Waals surface area contributed by atoms with Crippen molar-refractivity contribution in [3.05, 3.63) is 0 Å². The molecule has 0 bridgehead atoms. The molecule has 1 aliphatic rings. The minimum atomic E-state index is 0.315. The summed E-state index contributed by atoms with van der Waals surface area (Å²) < 4.78 is 0. The lowest BCUT2D eigenvalue weighted by molar-refractivity contribution is -0.132. The van der Waals surface area contributed by atoms with E-state index in [4.69, 9.17) is 0 Å². The fourth-order valence-electron chi connectivity index (χ4n) is 2.52. The second-order valence-electron chi connectivity index (χ2n) is 6.39. The van der Waals surface area contributed by atoms with Gasteiger partial charge in [-0.15, -0.1) is 0 Å². The number of carbonyl (C=O) groups is 1. The van der Waals surface area contributed by atoms with Crippen LogP contribution in [0.25, 0.3) is 0 Å². The Morgan fingerprint density at radius 3 is 2.53 bits per heavy atom. The second kappa shape index (κ2) is 8.54. The Kier molecular flexibility index (Phi) is 7.39. The van der Waals surface area contributed by atoms with E-state index in [0.717, 1.165) is 32.6 Å². The monoisotopic (exact) mass is 269 g/mol. The molecule has 1 rings (SSSR count). The van der Waals surface area contributed by atoms with E-state index in [1.807, 2.05) is 4.90 Å². The number of carbonyl (C=O) groups excluding carboxylic acids is 1. The van der Waals surface area contributed by atoms with Crippen LogP contribution in [0.5, 0.6) is 0 Å². The molecule has 0 aromatic rings. The Morgan fingerprint density at radius 1 is 1.26 bits per heavy atom. The molecule has 0 aromatic heterocycles. The Labute approximate surface area is 118 Å². The zero-order valence-corrected chi connectivity index (χ0v) is 13.1. The molecule has 1 saturated heterocycles. The minimum absolute atomic E-state index is 0.315. The van der Waals surface area contributed by atoms with Crippen LogP contribution in [0.15, 0.2) is 0 Å². The SMILES string of the molecule is CC(C)CN(CCN(C)C)C(=O)CC1CCCCN1. The number of nitrogens with one attached hydrogen (secondary N) is 1. The molecule has 1 atom stereocenters. The summed E-state index contributed by atoms with van der Waals surface area (Å²) >= 11 is 0. The summed E-state index contributed by atoms with van der Waals surface area (Å²) in [7, 11) is 4.11. The van der Waals surface area contributed by atoms with Crippen molar-refractivity contribution in [1.29, 1.82) is 0 Å². The van der Waals surface area contributed by atoms with E-state index >= 15 is 0 Å². The standard InChI is InChI=1S/C15H31N3O/c1-13(2)12-18(10-9-17(3)4)15(19)11-14-7-5-6-8-16-14/h13-14,16H,5-12H2,1-4H3. The maximum Gasteiger partial charge on any atom is 0.224 e. The molecule has 1 aliphatic heterocycles. The fourth-order valence-corrected chi connectivity index (χ4v) is 2.52. The molecule has 1 heterocycles. The highest BCUT2D eigenvalue weighted by Crippen LogP contribution is 2.12. The van der Waals surface area contributed by atoms with Gasteiger partial charge in [-0.05, 0) is 39.4 Å². The van der Waals surface area contributed by atoms with Gasteiger partial charge in [-0.3, -0.25) is 4.79 Å². The van der Waals surface area contributed by atoms with Crippen LogP contribution in [0.1, 0.15) is 39.5 Å². The van der Waals surface area contributed by atoms with E-state index in [1.165, 1.54) is 12.8 Å². The lowest BCUT2D eigenvalue weighted by atomic mass is 10.0. The average molecular weight is 269 g/mol. The van der Waals surface area contributed by atoms with Crippen molar-refractivity contribution >= 4 is 5.91 Å². The van der Waals surface area contributed by atoms with Crippen LogP contribution >= 0.6 is 0 Å². The van der Waals surface area contributed by atoms with E-state index in [-0.39, 0.29) is 0 Å². The van der Waals surface area contributed by atoms with Gasteiger partial charge in [0.05, 0.1) is 0 Å². The van der Waals surface area contributed by atoms with Gasteiger partial charge in [0.2, 0.25) is 5.91 Å². The highest BCUT2D eigenvalue weighted by molar-refractivity contribution is 5.76. The van der Waals surface area contributed by atoms with Gasteiger partial charge in [-0.1, -0.05) is 20.3 Å². The van der Waals surface area contributed by atoms with Gasteiger partial charge in [-0.25, -0.2) is 0 Å². The normalized spacial score (nSPS) is 20.0. The first kappa shape index (κ1) is 16.4. The molecule has 4 nitrogen and oxygen atoms in total. The van der Waals surface area contributed by atoms with Gasteiger partial charge >= 0.3 is 0 Å². The van der Waals surface area contributed by atoms with Crippen LogP contribution in [0.2, 0.25) is 0 Å². The zero-order chi connectivity index (χ0) is 14.3. The molecule has 0 spiro atoms. The van der Waals surface area contributed by atoms with Crippen LogP contribution < -0.4 is 5.32 Å². The van der Waals surface area contributed by atoms with Gasteiger partial charge in [0.1, 0.15) is 0 Å². The molecular weight excluding hydrogens is 238 g/mol. The number of nitrogens with zero attached hydrogens (tertiary/aromatic N) is 2. The van der Waals surface area contributed by atoms with E-state index in [9.17, 15) is 4.79 Å². The molecule has 1 fully saturated rings. The lowest BCUT2D eigenvalue weighted by Gasteiger charge is -2.29. The van der Waals surface area contributed by atoms with Crippen molar-refractivity contribution < 1.29 is 4.79 Å². The van der Waals surface area contributed by atoms with Crippen molar-refractivity contribution in [3.8, 4) is 0 Å². The van der Waals surface area contributed by atoms with Crippen molar-refractivity contribution in [2.45, 2.75) is 45.6 Å². The zero-order valence-electron chi connectivity index (χ0n) is 13.1. The van der Waals surface area contributed by atoms with Crippen molar-refractivity contribution in [3.63, 3.8) is 0 Å². The predicted molar refractivity (Wildman–Crippen MR) is 80.2 cm³/mol. The van der Waals surface area contributed by atoms with Crippen LogP contribution in [-0.2, 0) is 4.79 Å². The quantitative estimate of drug-likeness (QED) is 0.762. The summed E-state index contributed by atoms with van der Waals surface area (Å²) in [6, 6.07) is 0.398. The summed E-state index contributed by atoms with van der Waals surface area (Å²) in [6.07, 6.45) is 4.32. The summed E-state index contributed by atoms with van der Waals surface area (Å²) in [4.78, 5) is 16.6. The van der Waals surface area contributed by atoms with E-state index < -0.39 is 0 Å². The average Bonchev–Trinajstić information content (AvgIpc) is 2.35. The van der Waals surface area contributed by atoms with Crippen molar-refractivity contribution in [2.75, 3.05) is 40.3 Å². The van der Waals surface area contributed by atoms with Gasteiger partial charge in [0.15, 0.2) is 0 Å². The van der Waals surface area contributed by atoms with E-state index in [0.29, 0.717) is 24.3 Å². The molecule has 4 heteroatoms. The molecule has 1 unspecified atom stereocenters. The first-order valence-electron chi connectivity index (χ1n) is 7.65. The van der Waals surface area contributed by atoms with Gasteiger partial charge < -0.3 is 15.1 Å². The third kappa shape index (κ3) is 6.92. The summed E-state index contributed by atoms with van der Waals surface area (Å²) in [5.74, 6) is 0.848. The smallest absolute Gasteiger partial charge is 0.224 e. The number of amides is 1. The molecule has 1 amide bonds. The van der Waals surface area contributed by atoms with Crippen molar-refractivity contribution in [2.24, 2.45) is 5.92 Å². The van der Waals surface area contributed by atoms with Gasteiger partial charge in [0, 0.05) is 32.1 Å². The molecule has 0 saturated carbocycles. The molecule has 1 N–H and O–H groups in total. The first-order valence-corrected chi connectivity index (χ1v) is 7.65. The van der Waals surface area contributed by atoms with Crippen LogP contribution in [0.3, 0.4) is 0 Å². The van der Waals surface area contributed by atoms with Crippen LogP contribution in [0.4, 0.5) is 0 Å². The molecule has 0 aliphatic carbocycles. The molecule has 0 aromatic carbocycles. The molecule has 112 valence electrons. The number of hydrogen-bond donors (Lipinski definition) is 1. The second-order valence-corrected chi connectivity index (χ2v) is 6.39.